The number of aromatic amines is 1. The van der Waals surface area contributed by atoms with Crippen molar-refractivity contribution in [3.63, 3.8) is 0 Å². The molecule has 90 valence electrons. The van der Waals surface area contributed by atoms with E-state index in [-0.39, 0.29) is 0 Å². The van der Waals surface area contributed by atoms with Gasteiger partial charge in [-0.1, -0.05) is 28.1 Å². The van der Waals surface area contributed by atoms with Crippen LogP contribution in [0, 0.1) is 0 Å². The third-order valence-electron chi connectivity index (χ3n) is 2.62. The summed E-state index contributed by atoms with van der Waals surface area (Å²) in [5, 5.41) is 0. The van der Waals surface area contributed by atoms with Crippen molar-refractivity contribution >= 4 is 15.9 Å². The number of nitrogens with one attached hydrogen (secondary N) is 1. The van der Waals surface area contributed by atoms with Gasteiger partial charge in [0.25, 0.3) is 0 Å². The second kappa shape index (κ2) is 5.98. The van der Waals surface area contributed by atoms with Crippen LogP contribution in [0.4, 0.5) is 0 Å². The molecule has 0 amide bonds. The quantitative estimate of drug-likeness (QED) is 0.890. The molecule has 4 heteroatoms. The Morgan fingerprint density at radius 1 is 1.24 bits per heavy atom. The molecule has 0 spiro atoms. The number of H-pyrrole nitrogens is 1. The van der Waals surface area contributed by atoms with E-state index in [0.717, 1.165) is 36.1 Å². The molecule has 0 fully saturated rings. The van der Waals surface area contributed by atoms with Gasteiger partial charge >= 0.3 is 0 Å². The summed E-state index contributed by atoms with van der Waals surface area (Å²) < 4.78 is 1.10. The molecule has 2 rings (SSSR count). The van der Waals surface area contributed by atoms with Crippen molar-refractivity contribution in [2.45, 2.75) is 19.3 Å². The summed E-state index contributed by atoms with van der Waals surface area (Å²) in [7, 11) is 0. The average Bonchev–Trinajstić information content (AvgIpc) is 2.77. The van der Waals surface area contributed by atoms with E-state index >= 15 is 0 Å². The van der Waals surface area contributed by atoms with Gasteiger partial charge in [0.1, 0.15) is 5.82 Å². The smallest absolute Gasteiger partial charge is 0.110 e. The van der Waals surface area contributed by atoms with Crippen molar-refractivity contribution in [2.24, 2.45) is 5.73 Å². The zero-order valence-corrected chi connectivity index (χ0v) is 11.2. The number of aromatic nitrogens is 2. The Morgan fingerprint density at radius 3 is 2.71 bits per heavy atom. The van der Waals surface area contributed by atoms with Crippen molar-refractivity contribution in [1.29, 1.82) is 0 Å². The van der Waals surface area contributed by atoms with E-state index in [1.54, 1.807) is 0 Å². The molecule has 0 saturated carbocycles. The molecule has 2 aromatic rings. The Balaban J connectivity index is 1.98. The molecule has 0 aliphatic carbocycles. The van der Waals surface area contributed by atoms with Crippen LogP contribution < -0.4 is 5.73 Å². The van der Waals surface area contributed by atoms with E-state index in [1.807, 2.05) is 18.3 Å². The molecule has 1 aromatic heterocycles. The van der Waals surface area contributed by atoms with Gasteiger partial charge in [0.2, 0.25) is 0 Å². The predicted octanol–water partition coefficient (Wildman–Crippen LogP) is 2.65. The van der Waals surface area contributed by atoms with Crippen molar-refractivity contribution < 1.29 is 0 Å². The van der Waals surface area contributed by atoms with Crippen molar-refractivity contribution in [3.05, 3.63) is 52.0 Å². The monoisotopic (exact) mass is 293 g/mol. The van der Waals surface area contributed by atoms with Crippen LogP contribution in [-0.2, 0) is 12.8 Å². The molecule has 0 bridgehead atoms. The van der Waals surface area contributed by atoms with E-state index in [9.17, 15) is 0 Å². The molecule has 1 heterocycles. The Hall–Kier alpha value is -1.13. The van der Waals surface area contributed by atoms with E-state index in [1.165, 1.54) is 11.3 Å². The molecule has 0 saturated heterocycles. The summed E-state index contributed by atoms with van der Waals surface area (Å²) >= 11 is 3.43. The highest BCUT2D eigenvalue weighted by Crippen LogP contribution is 2.13. The van der Waals surface area contributed by atoms with Crippen molar-refractivity contribution in [2.75, 3.05) is 6.54 Å². The van der Waals surface area contributed by atoms with E-state index < -0.39 is 0 Å². The zero-order chi connectivity index (χ0) is 12.1. The third kappa shape index (κ3) is 3.68. The van der Waals surface area contributed by atoms with Gasteiger partial charge in [0.15, 0.2) is 0 Å². The summed E-state index contributed by atoms with van der Waals surface area (Å²) in [6.45, 7) is 0.723. The van der Waals surface area contributed by atoms with Gasteiger partial charge in [0.05, 0.1) is 0 Å². The summed E-state index contributed by atoms with van der Waals surface area (Å²) in [6.07, 6.45) is 4.73. The van der Waals surface area contributed by atoms with E-state index in [4.69, 9.17) is 5.73 Å². The second-order valence-electron chi connectivity index (χ2n) is 4.05. The highest BCUT2D eigenvalue weighted by Gasteiger charge is 2.02. The molecule has 3 nitrogen and oxygen atoms in total. The number of halogens is 1. The first kappa shape index (κ1) is 12.3. The van der Waals surface area contributed by atoms with Gasteiger partial charge in [-0.2, -0.15) is 0 Å². The largest absolute Gasteiger partial charge is 0.346 e. The van der Waals surface area contributed by atoms with Gasteiger partial charge in [-0.15, -0.1) is 0 Å². The van der Waals surface area contributed by atoms with Gasteiger partial charge in [-0.3, -0.25) is 0 Å². The fourth-order valence-corrected chi connectivity index (χ4v) is 1.98. The van der Waals surface area contributed by atoms with Crippen LogP contribution in [0.1, 0.15) is 23.5 Å². The Bertz CT molecular complexity index is 462. The third-order valence-corrected chi connectivity index (χ3v) is 3.14. The number of nitrogens with zero attached hydrogens (tertiary/aromatic N) is 1. The molecular formula is C13H16BrN3. The highest BCUT2D eigenvalue weighted by atomic mass is 79.9. The van der Waals surface area contributed by atoms with Crippen LogP contribution in [0.25, 0.3) is 0 Å². The first-order chi connectivity index (χ1) is 8.28. The standard InChI is InChI=1S/C13H16BrN3/c14-11-5-3-10(4-6-11)8-13-16-9-12(17-13)2-1-7-15/h3-6,9H,1-2,7-8,15H2,(H,16,17). The Kier molecular flexibility index (Phi) is 4.34. The number of benzene rings is 1. The van der Waals surface area contributed by atoms with Gasteiger partial charge < -0.3 is 10.7 Å². The van der Waals surface area contributed by atoms with Gasteiger partial charge in [-0.25, -0.2) is 4.98 Å². The highest BCUT2D eigenvalue weighted by molar-refractivity contribution is 9.10. The number of nitrogens with two attached hydrogens (primary N) is 1. The minimum atomic E-state index is 0.723. The number of aryl methyl sites for hydroxylation is 1. The number of hydrogen-bond acceptors (Lipinski definition) is 2. The zero-order valence-electron chi connectivity index (χ0n) is 9.62. The first-order valence-corrected chi connectivity index (χ1v) is 6.54. The fraction of sp³-hybridized carbons (Fsp3) is 0.308. The van der Waals surface area contributed by atoms with Crippen LogP contribution >= 0.6 is 15.9 Å². The van der Waals surface area contributed by atoms with Gasteiger partial charge in [-0.05, 0) is 37.1 Å². The normalized spacial score (nSPS) is 10.7. The lowest BCUT2D eigenvalue weighted by molar-refractivity contribution is 0.812. The SMILES string of the molecule is NCCCc1cnc(Cc2ccc(Br)cc2)[nH]1. The topological polar surface area (TPSA) is 54.7 Å². The van der Waals surface area contributed by atoms with Crippen LogP contribution in [0.15, 0.2) is 34.9 Å². The summed E-state index contributed by atoms with van der Waals surface area (Å²) in [5.74, 6) is 1.01. The van der Waals surface area contributed by atoms with Crippen LogP contribution in [0.5, 0.6) is 0 Å². The Morgan fingerprint density at radius 2 is 2.00 bits per heavy atom. The lowest BCUT2D eigenvalue weighted by Crippen LogP contribution is -2.00. The summed E-state index contributed by atoms with van der Waals surface area (Å²) in [5.41, 5.74) is 7.91. The van der Waals surface area contributed by atoms with Crippen molar-refractivity contribution in [1.82, 2.24) is 9.97 Å². The molecule has 0 aliphatic rings. The molecule has 0 radical (unpaired) electrons. The maximum Gasteiger partial charge on any atom is 0.110 e. The predicted molar refractivity (Wildman–Crippen MR) is 72.9 cm³/mol. The maximum atomic E-state index is 5.48. The molecule has 3 N–H and O–H groups in total. The minimum absolute atomic E-state index is 0.723. The molecule has 1 aromatic carbocycles. The van der Waals surface area contributed by atoms with Crippen molar-refractivity contribution in [3.8, 4) is 0 Å². The first-order valence-electron chi connectivity index (χ1n) is 5.75. The summed E-state index contributed by atoms with van der Waals surface area (Å²) in [6, 6.07) is 8.31. The minimum Gasteiger partial charge on any atom is -0.346 e. The number of imidazole rings is 1. The molecule has 0 unspecified atom stereocenters. The number of rotatable bonds is 5. The van der Waals surface area contributed by atoms with Gasteiger partial charge in [0, 0.05) is 22.8 Å². The van der Waals surface area contributed by atoms with Crippen LogP contribution in [0.2, 0.25) is 0 Å². The fourth-order valence-electron chi connectivity index (χ4n) is 1.71. The maximum absolute atomic E-state index is 5.48. The van der Waals surface area contributed by atoms with E-state index in [2.05, 4.69) is 38.0 Å². The molecule has 0 aliphatic heterocycles. The molecule has 17 heavy (non-hydrogen) atoms. The lowest BCUT2D eigenvalue weighted by atomic mass is 10.1. The summed E-state index contributed by atoms with van der Waals surface area (Å²) in [4.78, 5) is 7.71. The molecule has 0 atom stereocenters. The second-order valence-corrected chi connectivity index (χ2v) is 4.97. The lowest BCUT2D eigenvalue weighted by Gasteiger charge is -1.99. The number of hydrogen-bond donors (Lipinski definition) is 2. The van der Waals surface area contributed by atoms with Crippen LogP contribution in [0.3, 0.4) is 0 Å². The molecular weight excluding hydrogens is 278 g/mol. The average molecular weight is 294 g/mol. The van der Waals surface area contributed by atoms with E-state index in [0.29, 0.717) is 0 Å². The Labute approximate surface area is 110 Å². The van der Waals surface area contributed by atoms with Crippen LogP contribution in [-0.4, -0.2) is 16.5 Å².